The summed E-state index contributed by atoms with van der Waals surface area (Å²) in [4.78, 5) is 8.44. The summed E-state index contributed by atoms with van der Waals surface area (Å²) >= 11 is 0. The molecule has 0 amide bonds. The molecule has 0 aliphatic carbocycles. The Morgan fingerprint density at radius 1 is 0.846 bits per heavy atom. The Morgan fingerprint density at radius 3 is 2.23 bits per heavy atom. The lowest BCUT2D eigenvalue weighted by Crippen LogP contribution is -1.98. The molecule has 0 unspecified atom stereocenters. The van der Waals surface area contributed by atoms with Gasteiger partial charge in [-0.05, 0) is 12.8 Å². The zero-order chi connectivity index (χ0) is 18.0. The Bertz CT molecular complexity index is 712. The van der Waals surface area contributed by atoms with Crippen LogP contribution in [0.1, 0.15) is 25.1 Å². The van der Waals surface area contributed by atoms with Gasteiger partial charge in [0.1, 0.15) is 12.6 Å². The lowest BCUT2D eigenvalue weighted by Gasteiger charge is -2.02. The first kappa shape index (κ1) is 18.4. The lowest BCUT2D eigenvalue weighted by molar-refractivity contribution is -0.0315. The fourth-order valence-electron chi connectivity index (χ4n) is 2.97. The summed E-state index contributed by atoms with van der Waals surface area (Å²) in [6, 6.07) is 20.8. The highest BCUT2D eigenvalue weighted by atomic mass is 16.7. The number of hydrogen-bond acceptors (Lipinski definition) is 3. The van der Waals surface area contributed by atoms with Crippen molar-refractivity contribution in [1.82, 2.24) is 9.97 Å². The van der Waals surface area contributed by atoms with Gasteiger partial charge in [0.25, 0.3) is 0 Å². The molecule has 0 aliphatic heterocycles. The molecule has 136 valence electrons. The van der Waals surface area contributed by atoms with E-state index >= 15 is 0 Å². The van der Waals surface area contributed by atoms with E-state index in [0.29, 0.717) is 6.79 Å². The van der Waals surface area contributed by atoms with Crippen LogP contribution in [-0.2, 0) is 15.9 Å². The standard InChI is InChI=1S/C22H26N2O2/c1-25-17-26-16-10-4-9-15-20-23-21(18-11-5-2-6-12-18)22(24-20)19-13-7-3-8-14-19/h2-3,5-8,11-14H,4,9-10,15-17H2,1H3,(H,23,24). The first-order valence-corrected chi connectivity index (χ1v) is 9.15. The summed E-state index contributed by atoms with van der Waals surface area (Å²) < 4.78 is 10.2. The number of aryl methyl sites for hydroxylation is 1. The Hall–Kier alpha value is -2.43. The molecule has 0 fully saturated rings. The van der Waals surface area contributed by atoms with Crippen molar-refractivity contribution >= 4 is 0 Å². The van der Waals surface area contributed by atoms with Gasteiger partial charge in [0.15, 0.2) is 0 Å². The first-order valence-electron chi connectivity index (χ1n) is 9.15. The summed E-state index contributed by atoms with van der Waals surface area (Å²) in [6.45, 7) is 1.12. The molecule has 0 atom stereocenters. The van der Waals surface area contributed by atoms with Gasteiger partial charge in [-0.25, -0.2) is 4.98 Å². The minimum Gasteiger partial charge on any atom is -0.359 e. The number of aromatic nitrogens is 2. The van der Waals surface area contributed by atoms with E-state index in [1.807, 2.05) is 12.1 Å². The number of nitrogens with one attached hydrogen (secondary N) is 1. The van der Waals surface area contributed by atoms with E-state index in [1.54, 1.807) is 7.11 Å². The molecule has 3 aromatic rings. The highest BCUT2D eigenvalue weighted by Crippen LogP contribution is 2.30. The second-order valence-corrected chi connectivity index (χ2v) is 6.26. The van der Waals surface area contributed by atoms with Crippen LogP contribution in [0.5, 0.6) is 0 Å². The zero-order valence-corrected chi connectivity index (χ0v) is 15.3. The number of H-pyrrole nitrogens is 1. The van der Waals surface area contributed by atoms with Crippen molar-refractivity contribution in [3.05, 3.63) is 66.5 Å². The Morgan fingerprint density at radius 2 is 1.54 bits per heavy atom. The average molecular weight is 350 g/mol. The number of rotatable bonds is 10. The normalized spacial score (nSPS) is 11.0. The fraction of sp³-hybridized carbons (Fsp3) is 0.318. The number of hydrogen-bond donors (Lipinski definition) is 1. The fourth-order valence-corrected chi connectivity index (χ4v) is 2.97. The van der Waals surface area contributed by atoms with Crippen molar-refractivity contribution in [3.63, 3.8) is 0 Å². The SMILES string of the molecule is COCOCCCCCc1nc(-c2ccccc2)c(-c2ccccc2)[nH]1. The predicted octanol–water partition coefficient (Wildman–Crippen LogP) is 5.08. The van der Waals surface area contributed by atoms with Crippen LogP contribution >= 0.6 is 0 Å². The van der Waals surface area contributed by atoms with Crippen molar-refractivity contribution in [2.75, 3.05) is 20.5 Å². The lowest BCUT2D eigenvalue weighted by atomic mass is 10.1. The molecule has 1 aromatic heterocycles. The topological polar surface area (TPSA) is 47.1 Å². The van der Waals surface area contributed by atoms with E-state index < -0.39 is 0 Å². The summed E-state index contributed by atoms with van der Waals surface area (Å²) in [6.07, 6.45) is 4.19. The van der Waals surface area contributed by atoms with Crippen molar-refractivity contribution in [1.29, 1.82) is 0 Å². The van der Waals surface area contributed by atoms with Gasteiger partial charge < -0.3 is 14.5 Å². The number of methoxy groups -OCH3 is 1. The molecule has 4 heteroatoms. The van der Waals surface area contributed by atoms with E-state index in [2.05, 4.69) is 53.5 Å². The third-order valence-corrected chi connectivity index (χ3v) is 4.27. The molecule has 0 radical (unpaired) electrons. The largest absolute Gasteiger partial charge is 0.359 e. The maximum atomic E-state index is 5.33. The highest BCUT2D eigenvalue weighted by Gasteiger charge is 2.13. The van der Waals surface area contributed by atoms with Crippen LogP contribution in [0.3, 0.4) is 0 Å². The van der Waals surface area contributed by atoms with Gasteiger partial charge in [0.2, 0.25) is 0 Å². The van der Waals surface area contributed by atoms with E-state index in [4.69, 9.17) is 14.5 Å². The van der Waals surface area contributed by atoms with Crippen molar-refractivity contribution < 1.29 is 9.47 Å². The molecular weight excluding hydrogens is 324 g/mol. The van der Waals surface area contributed by atoms with E-state index in [9.17, 15) is 0 Å². The van der Waals surface area contributed by atoms with Gasteiger partial charge in [-0.15, -0.1) is 0 Å². The molecule has 0 aliphatic rings. The molecule has 4 nitrogen and oxygen atoms in total. The summed E-state index contributed by atoms with van der Waals surface area (Å²) in [5.41, 5.74) is 4.42. The molecule has 0 saturated carbocycles. The Kier molecular flexibility index (Phi) is 6.99. The molecule has 1 heterocycles. The van der Waals surface area contributed by atoms with Crippen LogP contribution in [0.25, 0.3) is 22.5 Å². The quantitative estimate of drug-likeness (QED) is 0.410. The van der Waals surface area contributed by atoms with Gasteiger partial charge in [0, 0.05) is 31.3 Å². The molecule has 0 spiro atoms. The van der Waals surface area contributed by atoms with Crippen LogP contribution in [0, 0.1) is 0 Å². The molecular formula is C22H26N2O2. The van der Waals surface area contributed by atoms with Gasteiger partial charge in [-0.1, -0.05) is 67.1 Å². The highest BCUT2D eigenvalue weighted by molar-refractivity contribution is 5.78. The van der Waals surface area contributed by atoms with Gasteiger partial charge >= 0.3 is 0 Å². The molecule has 0 bridgehead atoms. The third-order valence-electron chi connectivity index (χ3n) is 4.27. The molecule has 2 aromatic carbocycles. The number of ether oxygens (including phenoxy) is 2. The monoisotopic (exact) mass is 350 g/mol. The predicted molar refractivity (Wildman–Crippen MR) is 105 cm³/mol. The number of unbranched alkanes of at least 4 members (excludes halogenated alkanes) is 2. The average Bonchev–Trinajstić information content (AvgIpc) is 3.13. The zero-order valence-electron chi connectivity index (χ0n) is 15.3. The second-order valence-electron chi connectivity index (χ2n) is 6.26. The van der Waals surface area contributed by atoms with Gasteiger partial charge in [0.05, 0.1) is 11.4 Å². The maximum absolute atomic E-state index is 5.33. The molecule has 26 heavy (non-hydrogen) atoms. The molecule has 1 N–H and O–H groups in total. The van der Waals surface area contributed by atoms with E-state index in [1.165, 1.54) is 0 Å². The maximum Gasteiger partial charge on any atom is 0.146 e. The van der Waals surface area contributed by atoms with E-state index in [-0.39, 0.29) is 0 Å². The van der Waals surface area contributed by atoms with Crippen LogP contribution in [0.4, 0.5) is 0 Å². The number of imidazole rings is 1. The number of benzene rings is 2. The Balaban J connectivity index is 1.69. The van der Waals surface area contributed by atoms with Crippen LogP contribution in [0.15, 0.2) is 60.7 Å². The summed E-state index contributed by atoms with van der Waals surface area (Å²) in [7, 11) is 1.64. The summed E-state index contributed by atoms with van der Waals surface area (Å²) in [5.74, 6) is 1.04. The van der Waals surface area contributed by atoms with Crippen molar-refractivity contribution in [3.8, 4) is 22.5 Å². The van der Waals surface area contributed by atoms with Crippen LogP contribution in [0.2, 0.25) is 0 Å². The molecule has 3 rings (SSSR count). The van der Waals surface area contributed by atoms with Crippen molar-refractivity contribution in [2.24, 2.45) is 0 Å². The van der Waals surface area contributed by atoms with Crippen LogP contribution < -0.4 is 0 Å². The Labute approximate surface area is 155 Å². The van der Waals surface area contributed by atoms with Gasteiger partial charge in [-0.3, -0.25) is 0 Å². The first-order chi connectivity index (χ1) is 12.9. The smallest absolute Gasteiger partial charge is 0.146 e. The van der Waals surface area contributed by atoms with Crippen molar-refractivity contribution in [2.45, 2.75) is 25.7 Å². The molecule has 0 saturated heterocycles. The summed E-state index contributed by atoms with van der Waals surface area (Å²) in [5, 5.41) is 0. The van der Waals surface area contributed by atoms with Crippen LogP contribution in [-0.4, -0.2) is 30.5 Å². The third kappa shape index (κ3) is 5.04. The van der Waals surface area contributed by atoms with Gasteiger partial charge in [-0.2, -0.15) is 0 Å². The minimum absolute atomic E-state index is 0.374. The number of aromatic amines is 1. The second kappa shape index (κ2) is 9.90. The number of nitrogens with zero attached hydrogens (tertiary/aromatic N) is 1. The van der Waals surface area contributed by atoms with E-state index in [0.717, 1.165) is 60.6 Å². The minimum atomic E-state index is 0.374.